The minimum absolute atomic E-state index is 0.0569. The molecule has 0 atom stereocenters. The van der Waals surface area contributed by atoms with Gasteiger partial charge in [-0.2, -0.15) is 23.3 Å². The SMILES string of the molecule is COC(=O)c1cc(Oc2nc3c(F)c(-c4ccc(-c5ccc(-c6ncnn6CC(F)(F)F)cc5)cc4)c(F)cc3n2COCC[Si](C)(C)C)ccc1C. The van der Waals surface area contributed by atoms with Crippen LogP contribution in [0.1, 0.15) is 15.9 Å². The van der Waals surface area contributed by atoms with Gasteiger partial charge in [-0.1, -0.05) is 74.2 Å². The molecule has 2 heterocycles. The van der Waals surface area contributed by atoms with Crippen molar-refractivity contribution in [3.05, 3.63) is 102 Å². The molecule has 0 unspecified atom stereocenters. The van der Waals surface area contributed by atoms with Crippen molar-refractivity contribution in [1.82, 2.24) is 24.3 Å². The molecule has 0 N–H and O–H groups in total. The van der Waals surface area contributed by atoms with Gasteiger partial charge in [0.2, 0.25) is 0 Å². The lowest BCUT2D eigenvalue weighted by molar-refractivity contribution is -0.142. The standard InChI is InChI=1S/C38H36F5N5O4Si/c1-23-6-15-28(18-29(23)36(49)50-2)52-37-46-34-31(47(37)22-51-16-17-53(3,4)5)19-30(39)32(33(34)40)26-11-7-24(8-12-26)25-9-13-27(14-10-25)35-44-21-45-48(35)20-38(41,42)43/h6-15,18-19,21H,16-17,20,22H2,1-5H3. The number of halogens is 5. The van der Waals surface area contributed by atoms with Crippen molar-refractivity contribution < 1.29 is 41.0 Å². The van der Waals surface area contributed by atoms with Gasteiger partial charge in [-0.05, 0) is 47.4 Å². The molecule has 2 aromatic heterocycles. The summed E-state index contributed by atoms with van der Waals surface area (Å²) in [5, 5.41) is 3.69. The number of alkyl halides is 3. The van der Waals surface area contributed by atoms with Gasteiger partial charge in [0.1, 0.15) is 36.7 Å². The average molecular weight is 750 g/mol. The van der Waals surface area contributed by atoms with Crippen molar-refractivity contribution >= 4 is 25.1 Å². The van der Waals surface area contributed by atoms with E-state index in [1.807, 2.05) is 0 Å². The molecular weight excluding hydrogens is 714 g/mol. The van der Waals surface area contributed by atoms with Gasteiger partial charge >= 0.3 is 18.2 Å². The van der Waals surface area contributed by atoms with Crippen molar-refractivity contribution in [3.63, 3.8) is 0 Å². The lowest BCUT2D eigenvalue weighted by Crippen LogP contribution is -2.22. The highest BCUT2D eigenvalue weighted by molar-refractivity contribution is 6.76. The first kappa shape index (κ1) is 37.3. The van der Waals surface area contributed by atoms with Crippen LogP contribution in [0.2, 0.25) is 25.7 Å². The molecule has 4 aromatic carbocycles. The van der Waals surface area contributed by atoms with Gasteiger partial charge in [-0.15, -0.1) is 0 Å². The van der Waals surface area contributed by atoms with E-state index in [4.69, 9.17) is 14.2 Å². The number of aryl methyl sites for hydroxylation is 1. The van der Waals surface area contributed by atoms with Crippen LogP contribution in [0.15, 0.2) is 79.1 Å². The zero-order valence-corrected chi connectivity index (χ0v) is 30.6. The van der Waals surface area contributed by atoms with Crippen molar-refractivity contribution in [2.24, 2.45) is 0 Å². The third-order valence-corrected chi connectivity index (χ3v) is 10.2. The average Bonchev–Trinajstić information content (AvgIpc) is 3.70. The second-order valence-electron chi connectivity index (χ2n) is 13.7. The number of carbonyl (C=O) groups is 1. The molecule has 0 saturated carbocycles. The van der Waals surface area contributed by atoms with Crippen LogP contribution < -0.4 is 4.74 Å². The van der Waals surface area contributed by atoms with E-state index in [1.54, 1.807) is 67.6 Å². The number of aromatic nitrogens is 5. The Morgan fingerprint density at radius 3 is 2.15 bits per heavy atom. The highest BCUT2D eigenvalue weighted by Gasteiger charge is 2.30. The molecule has 276 valence electrons. The number of esters is 1. The Labute approximate surface area is 303 Å². The molecule has 0 radical (unpaired) electrons. The van der Waals surface area contributed by atoms with Crippen LogP contribution >= 0.6 is 0 Å². The van der Waals surface area contributed by atoms with Crippen LogP contribution in [0, 0.1) is 18.6 Å². The predicted molar refractivity (Wildman–Crippen MR) is 192 cm³/mol. The number of carbonyl (C=O) groups excluding carboxylic acids is 1. The summed E-state index contributed by atoms with van der Waals surface area (Å²) < 4.78 is 90.3. The van der Waals surface area contributed by atoms with Gasteiger partial charge in [0, 0.05) is 26.3 Å². The molecule has 0 bridgehead atoms. The summed E-state index contributed by atoms with van der Waals surface area (Å²) in [7, 11) is -0.157. The molecule has 15 heteroatoms. The lowest BCUT2D eigenvalue weighted by atomic mass is 9.98. The summed E-state index contributed by atoms with van der Waals surface area (Å²) in [5.41, 5.74) is 2.77. The van der Waals surface area contributed by atoms with E-state index < -0.39 is 38.4 Å². The van der Waals surface area contributed by atoms with E-state index in [0.717, 1.165) is 22.6 Å². The summed E-state index contributed by atoms with van der Waals surface area (Å²) in [4.78, 5) is 20.7. The number of methoxy groups -OCH3 is 1. The van der Waals surface area contributed by atoms with E-state index in [-0.39, 0.29) is 52.0 Å². The maximum Gasteiger partial charge on any atom is 0.408 e. The van der Waals surface area contributed by atoms with Gasteiger partial charge in [-0.25, -0.2) is 23.2 Å². The van der Waals surface area contributed by atoms with Crippen LogP contribution in [0.4, 0.5) is 22.0 Å². The summed E-state index contributed by atoms with van der Waals surface area (Å²) in [6.07, 6.45) is -3.39. The molecule has 6 aromatic rings. The zero-order chi connectivity index (χ0) is 38.1. The number of ether oxygens (including phenoxy) is 3. The first-order valence-corrected chi connectivity index (χ1v) is 20.3. The minimum Gasteiger partial charge on any atom is -0.465 e. The van der Waals surface area contributed by atoms with Gasteiger partial charge in [0.25, 0.3) is 0 Å². The fourth-order valence-electron chi connectivity index (χ4n) is 5.68. The van der Waals surface area contributed by atoms with E-state index in [9.17, 15) is 18.0 Å². The third kappa shape index (κ3) is 8.47. The molecule has 53 heavy (non-hydrogen) atoms. The Balaban J connectivity index is 1.31. The maximum atomic E-state index is 16.3. The molecule has 9 nitrogen and oxygen atoms in total. The van der Waals surface area contributed by atoms with Crippen LogP contribution in [-0.2, 0) is 22.7 Å². The highest BCUT2D eigenvalue weighted by atomic mass is 28.3. The molecule has 0 saturated heterocycles. The van der Waals surface area contributed by atoms with Gasteiger partial charge in [0.15, 0.2) is 11.6 Å². The Kier molecular flexibility index (Phi) is 10.5. The Bertz CT molecular complexity index is 2260. The van der Waals surface area contributed by atoms with Crippen molar-refractivity contribution in [1.29, 1.82) is 0 Å². The predicted octanol–water partition coefficient (Wildman–Crippen LogP) is 9.67. The number of fused-ring (bicyclic) bond motifs is 1. The van der Waals surface area contributed by atoms with Crippen LogP contribution in [-0.4, -0.2) is 58.3 Å². The number of hydrogen-bond acceptors (Lipinski definition) is 7. The van der Waals surface area contributed by atoms with E-state index in [1.165, 1.54) is 23.8 Å². The monoisotopic (exact) mass is 749 g/mol. The minimum atomic E-state index is -4.45. The van der Waals surface area contributed by atoms with Crippen molar-refractivity contribution in [2.45, 2.75) is 52.1 Å². The van der Waals surface area contributed by atoms with Crippen LogP contribution in [0.25, 0.3) is 44.7 Å². The van der Waals surface area contributed by atoms with Gasteiger partial charge in [-0.3, -0.25) is 4.57 Å². The highest BCUT2D eigenvalue weighted by Crippen LogP contribution is 2.36. The summed E-state index contributed by atoms with van der Waals surface area (Å²) in [6, 6.07) is 20.0. The Hall–Kier alpha value is -5.41. The quantitative estimate of drug-likeness (QED) is 0.0533. The van der Waals surface area contributed by atoms with Gasteiger partial charge in [0.05, 0.1) is 23.8 Å². The molecule has 0 fully saturated rings. The number of benzene rings is 4. The molecular formula is C38H36F5N5O4Si. The molecule has 0 spiro atoms. The number of imidazole rings is 1. The van der Waals surface area contributed by atoms with Crippen LogP contribution in [0.5, 0.6) is 11.8 Å². The van der Waals surface area contributed by atoms with E-state index >= 15 is 8.78 Å². The number of nitrogens with zero attached hydrogens (tertiary/aromatic N) is 5. The molecule has 0 aliphatic rings. The number of rotatable bonds is 12. The maximum absolute atomic E-state index is 16.3. The first-order valence-electron chi connectivity index (χ1n) is 16.6. The second-order valence-corrected chi connectivity index (χ2v) is 19.3. The largest absolute Gasteiger partial charge is 0.465 e. The first-order chi connectivity index (χ1) is 25.1. The molecule has 0 amide bonds. The molecule has 0 aliphatic carbocycles. The van der Waals surface area contributed by atoms with Crippen LogP contribution in [0.3, 0.4) is 0 Å². The number of hydrogen-bond donors (Lipinski definition) is 0. The lowest BCUT2D eigenvalue weighted by Gasteiger charge is -2.16. The van der Waals surface area contributed by atoms with Gasteiger partial charge < -0.3 is 14.2 Å². The zero-order valence-electron chi connectivity index (χ0n) is 29.6. The summed E-state index contributed by atoms with van der Waals surface area (Å²) >= 11 is 0. The van der Waals surface area contributed by atoms with E-state index in [0.29, 0.717) is 23.3 Å². The molecule has 0 aliphatic heterocycles. The topological polar surface area (TPSA) is 93.3 Å². The Morgan fingerprint density at radius 1 is 0.887 bits per heavy atom. The van der Waals surface area contributed by atoms with Crippen molar-refractivity contribution in [2.75, 3.05) is 13.7 Å². The normalized spacial score (nSPS) is 12.0. The Morgan fingerprint density at radius 2 is 1.53 bits per heavy atom. The fraction of sp³-hybridized carbons (Fsp3) is 0.263. The fourth-order valence-corrected chi connectivity index (χ4v) is 6.44. The second kappa shape index (κ2) is 14.9. The van der Waals surface area contributed by atoms with E-state index in [2.05, 4.69) is 34.7 Å². The third-order valence-electron chi connectivity index (χ3n) is 8.54. The molecule has 6 rings (SSSR count). The van der Waals surface area contributed by atoms with Crippen molar-refractivity contribution in [3.8, 4) is 45.4 Å². The smallest absolute Gasteiger partial charge is 0.408 e. The summed E-state index contributed by atoms with van der Waals surface area (Å²) in [6.45, 7) is 7.47. The summed E-state index contributed by atoms with van der Waals surface area (Å²) in [5.74, 6) is -1.97.